The van der Waals surface area contributed by atoms with Gasteiger partial charge < -0.3 is 0 Å². The highest BCUT2D eigenvalue weighted by atomic mass is 32.2. The molecule has 4 rings (SSSR count). The van der Waals surface area contributed by atoms with Crippen LogP contribution in [0.4, 0.5) is 0 Å². The molecule has 1 fully saturated rings. The number of nitrogens with zero attached hydrogens (tertiary/aromatic N) is 2. The molecule has 0 radical (unpaired) electrons. The molecule has 0 bridgehead atoms. The van der Waals surface area contributed by atoms with Crippen LogP contribution < -0.4 is 0 Å². The van der Waals surface area contributed by atoms with Gasteiger partial charge >= 0.3 is 0 Å². The summed E-state index contributed by atoms with van der Waals surface area (Å²) in [4.78, 5) is 1.32. The van der Waals surface area contributed by atoms with Crippen molar-refractivity contribution in [3.8, 4) is 0 Å². The molecule has 0 aliphatic carbocycles. The van der Waals surface area contributed by atoms with Gasteiger partial charge in [0.25, 0.3) is 10.2 Å². The van der Waals surface area contributed by atoms with Gasteiger partial charge in [0, 0.05) is 24.5 Å². The van der Waals surface area contributed by atoms with Crippen molar-refractivity contribution in [2.45, 2.75) is 38.1 Å². The highest BCUT2D eigenvalue weighted by Gasteiger charge is 2.40. The van der Waals surface area contributed by atoms with E-state index in [9.17, 15) is 8.42 Å². The Morgan fingerprint density at radius 1 is 0.920 bits per heavy atom. The van der Waals surface area contributed by atoms with Crippen LogP contribution in [0.1, 0.15) is 47.7 Å². The molecule has 0 N–H and O–H groups in total. The first-order valence-corrected chi connectivity index (χ1v) is 11.3. The molecular weight excluding hydrogens is 352 g/mol. The molecule has 25 heavy (non-hydrogen) atoms. The van der Waals surface area contributed by atoms with Gasteiger partial charge in [0.1, 0.15) is 0 Å². The van der Waals surface area contributed by atoms with E-state index in [0.717, 1.165) is 43.2 Å². The second-order valence-electron chi connectivity index (χ2n) is 6.79. The van der Waals surface area contributed by atoms with Crippen LogP contribution in [0, 0.1) is 0 Å². The Balaban J connectivity index is 1.74. The fourth-order valence-electron chi connectivity index (χ4n) is 3.94. The van der Waals surface area contributed by atoms with Crippen LogP contribution in [0.25, 0.3) is 0 Å². The highest BCUT2D eigenvalue weighted by molar-refractivity contribution is 7.86. The van der Waals surface area contributed by atoms with Crippen LogP contribution in [0.3, 0.4) is 0 Å². The van der Waals surface area contributed by atoms with E-state index in [4.69, 9.17) is 0 Å². The van der Waals surface area contributed by atoms with Crippen molar-refractivity contribution in [3.63, 3.8) is 0 Å². The van der Waals surface area contributed by atoms with Gasteiger partial charge in [-0.25, -0.2) is 0 Å². The lowest BCUT2D eigenvalue weighted by molar-refractivity contribution is 0.301. The Kier molecular flexibility index (Phi) is 4.95. The largest absolute Gasteiger partial charge is 0.282 e. The van der Waals surface area contributed by atoms with Crippen LogP contribution in [-0.4, -0.2) is 36.7 Å². The highest BCUT2D eigenvalue weighted by Crippen LogP contribution is 2.40. The van der Waals surface area contributed by atoms with Gasteiger partial charge in [-0.15, -0.1) is 11.3 Å². The lowest BCUT2D eigenvalue weighted by Crippen LogP contribution is -2.48. The lowest BCUT2D eigenvalue weighted by Gasteiger charge is -2.38. The molecule has 0 saturated carbocycles. The van der Waals surface area contributed by atoms with Crippen LogP contribution in [0.15, 0.2) is 41.8 Å². The van der Waals surface area contributed by atoms with E-state index in [1.54, 1.807) is 19.9 Å². The Morgan fingerprint density at radius 2 is 1.64 bits per heavy atom. The maximum absolute atomic E-state index is 13.5. The molecule has 1 aromatic heterocycles. The fraction of sp³-hybridized carbons (Fsp3) is 0.474. The number of hydrogen-bond donors (Lipinski definition) is 0. The lowest BCUT2D eigenvalue weighted by atomic mass is 9.95. The average molecular weight is 377 g/mol. The molecule has 1 saturated heterocycles. The monoisotopic (exact) mass is 376 g/mol. The quantitative estimate of drug-likeness (QED) is 0.817. The van der Waals surface area contributed by atoms with Gasteiger partial charge in [-0.2, -0.15) is 17.0 Å². The van der Waals surface area contributed by atoms with Gasteiger partial charge in [0.2, 0.25) is 0 Å². The SMILES string of the molecule is O=S(=O)(N1CCCCCC1)N1CCc2sccc2C1c1ccccc1. The molecule has 2 aliphatic heterocycles. The molecule has 1 unspecified atom stereocenters. The maximum atomic E-state index is 13.5. The Labute approximate surface area is 154 Å². The van der Waals surface area contributed by atoms with Crippen molar-refractivity contribution in [1.29, 1.82) is 0 Å². The van der Waals surface area contributed by atoms with Gasteiger partial charge in [-0.3, -0.25) is 0 Å². The maximum Gasteiger partial charge on any atom is 0.282 e. The third-order valence-corrected chi connectivity index (χ3v) is 8.23. The number of fused-ring (bicyclic) bond motifs is 1. The normalized spacial score (nSPS) is 23.1. The van der Waals surface area contributed by atoms with E-state index in [1.165, 1.54) is 4.88 Å². The van der Waals surface area contributed by atoms with Gasteiger partial charge in [0.05, 0.1) is 6.04 Å². The molecule has 6 heteroatoms. The van der Waals surface area contributed by atoms with Crippen molar-refractivity contribution < 1.29 is 8.42 Å². The first kappa shape index (κ1) is 17.2. The van der Waals surface area contributed by atoms with Gasteiger partial charge in [-0.1, -0.05) is 43.2 Å². The van der Waals surface area contributed by atoms with E-state index in [1.807, 2.05) is 30.3 Å². The second-order valence-corrected chi connectivity index (χ2v) is 9.68. The topological polar surface area (TPSA) is 40.6 Å². The first-order chi connectivity index (χ1) is 12.2. The molecular formula is C19H24N2O2S2. The van der Waals surface area contributed by atoms with Crippen molar-refractivity contribution in [1.82, 2.24) is 8.61 Å². The molecule has 0 spiro atoms. The van der Waals surface area contributed by atoms with E-state index < -0.39 is 10.2 Å². The first-order valence-electron chi connectivity index (χ1n) is 9.06. The summed E-state index contributed by atoms with van der Waals surface area (Å²) in [5.74, 6) is 0. The standard InChI is InChI=1S/C19H24N2O2S2/c22-25(23,20-12-6-1-2-7-13-20)21-14-10-18-17(11-15-24-18)19(21)16-8-4-3-5-9-16/h3-5,8-9,11,15,19H,1-2,6-7,10,12-14H2. The van der Waals surface area contributed by atoms with E-state index in [2.05, 4.69) is 11.4 Å². The minimum Gasteiger partial charge on any atom is -0.195 e. The zero-order valence-electron chi connectivity index (χ0n) is 14.3. The number of benzene rings is 1. The van der Waals surface area contributed by atoms with Gasteiger partial charge in [0.15, 0.2) is 0 Å². The zero-order chi connectivity index (χ0) is 17.3. The fourth-order valence-corrected chi connectivity index (χ4v) is 6.69. The van der Waals surface area contributed by atoms with Crippen LogP contribution in [-0.2, 0) is 16.6 Å². The summed E-state index contributed by atoms with van der Waals surface area (Å²) in [6.45, 7) is 1.86. The van der Waals surface area contributed by atoms with E-state index >= 15 is 0 Å². The summed E-state index contributed by atoms with van der Waals surface area (Å²) >= 11 is 1.74. The van der Waals surface area contributed by atoms with Crippen molar-refractivity contribution in [3.05, 3.63) is 57.8 Å². The summed E-state index contributed by atoms with van der Waals surface area (Å²) < 4.78 is 30.4. The van der Waals surface area contributed by atoms with Crippen molar-refractivity contribution in [2.75, 3.05) is 19.6 Å². The zero-order valence-corrected chi connectivity index (χ0v) is 15.9. The third kappa shape index (κ3) is 3.28. The molecule has 1 aromatic carbocycles. The summed E-state index contributed by atoms with van der Waals surface area (Å²) in [5, 5.41) is 2.09. The summed E-state index contributed by atoms with van der Waals surface area (Å²) in [6.07, 6.45) is 4.99. The predicted octanol–water partition coefficient (Wildman–Crippen LogP) is 3.82. The molecule has 1 atom stereocenters. The Morgan fingerprint density at radius 3 is 2.36 bits per heavy atom. The number of rotatable bonds is 3. The van der Waals surface area contributed by atoms with Gasteiger partial charge in [-0.05, 0) is 41.8 Å². The smallest absolute Gasteiger partial charge is 0.195 e. The molecule has 4 nitrogen and oxygen atoms in total. The summed E-state index contributed by atoms with van der Waals surface area (Å²) in [6, 6.07) is 11.9. The van der Waals surface area contributed by atoms with Crippen LogP contribution in [0.5, 0.6) is 0 Å². The van der Waals surface area contributed by atoms with Crippen LogP contribution >= 0.6 is 11.3 Å². The Bertz CT molecular complexity index is 809. The number of thiophene rings is 1. The summed E-state index contributed by atoms with van der Waals surface area (Å²) in [7, 11) is -3.46. The molecule has 134 valence electrons. The second kappa shape index (κ2) is 7.19. The molecule has 2 aliphatic rings. The minimum atomic E-state index is -3.46. The molecule has 2 aromatic rings. The third-order valence-electron chi connectivity index (χ3n) is 5.22. The minimum absolute atomic E-state index is 0.204. The van der Waals surface area contributed by atoms with Crippen molar-refractivity contribution in [2.24, 2.45) is 0 Å². The van der Waals surface area contributed by atoms with E-state index in [0.29, 0.717) is 19.6 Å². The number of hydrogen-bond acceptors (Lipinski definition) is 3. The average Bonchev–Trinajstić information content (AvgIpc) is 2.93. The van der Waals surface area contributed by atoms with E-state index in [-0.39, 0.29) is 6.04 Å². The molecule has 3 heterocycles. The summed E-state index contributed by atoms with van der Waals surface area (Å²) in [5.41, 5.74) is 2.21. The molecule has 0 amide bonds. The van der Waals surface area contributed by atoms with Crippen molar-refractivity contribution >= 4 is 21.5 Å². The Hall–Kier alpha value is -1.21. The van der Waals surface area contributed by atoms with Crippen LogP contribution in [0.2, 0.25) is 0 Å². The predicted molar refractivity (Wildman–Crippen MR) is 102 cm³/mol.